The highest BCUT2D eigenvalue weighted by Gasteiger charge is 2.54. The van der Waals surface area contributed by atoms with Gasteiger partial charge in [-0.1, -0.05) is 23.4 Å². The van der Waals surface area contributed by atoms with Crippen LogP contribution in [0.2, 0.25) is 0 Å². The molecule has 1 saturated carbocycles. The fourth-order valence-corrected chi connectivity index (χ4v) is 5.40. The van der Waals surface area contributed by atoms with Crippen LogP contribution in [0.1, 0.15) is 35.6 Å². The summed E-state index contributed by atoms with van der Waals surface area (Å²) in [4.78, 5) is 12.7. The van der Waals surface area contributed by atoms with Crippen molar-refractivity contribution in [1.29, 1.82) is 0 Å². The zero-order chi connectivity index (χ0) is 23.9. The second kappa shape index (κ2) is 8.72. The summed E-state index contributed by atoms with van der Waals surface area (Å²) in [5, 5.41) is 3.99. The average molecular weight is 464 g/mol. The molecule has 2 aromatic carbocycles. The number of methoxy groups -OCH3 is 2. The minimum Gasteiger partial charge on any atom is -0.496 e. The minimum atomic E-state index is -0.694. The van der Waals surface area contributed by atoms with E-state index in [0.717, 1.165) is 39.3 Å². The highest BCUT2D eigenvalue weighted by atomic mass is 19.1. The van der Waals surface area contributed by atoms with E-state index >= 15 is 0 Å². The zero-order valence-corrected chi connectivity index (χ0v) is 19.3. The molecular formula is C27H26FNO5. The number of hydrogen-bond acceptors (Lipinski definition) is 6. The summed E-state index contributed by atoms with van der Waals surface area (Å²) in [6.07, 6.45) is 5.02. The van der Waals surface area contributed by atoms with Crippen molar-refractivity contribution in [1.82, 2.24) is 5.16 Å². The molecular weight excluding hydrogens is 437 g/mol. The number of esters is 1. The number of carbonyl (C=O) groups is 1. The summed E-state index contributed by atoms with van der Waals surface area (Å²) in [6, 6.07) is 12.2. The molecule has 6 nitrogen and oxygen atoms in total. The molecule has 0 N–H and O–H groups in total. The van der Waals surface area contributed by atoms with Gasteiger partial charge in [0.15, 0.2) is 0 Å². The predicted octanol–water partition coefficient (Wildman–Crippen LogP) is 5.32. The third-order valence-corrected chi connectivity index (χ3v) is 7.03. The molecule has 1 aliphatic heterocycles. The average Bonchev–Trinajstić information content (AvgIpc) is 3.58. The summed E-state index contributed by atoms with van der Waals surface area (Å²) < 4.78 is 36.0. The molecule has 0 amide bonds. The molecule has 1 aliphatic carbocycles. The maximum atomic E-state index is 13.7. The fourth-order valence-electron chi connectivity index (χ4n) is 5.40. The molecule has 34 heavy (non-hydrogen) atoms. The van der Waals surface area contributed by atoms with Crippen LogP contribution in [0.25, 0.3) is 16.7 Å². The standard InChI is InChI=1S/C27H26FNO5/c1-16-23(15-34-29-16)18-6-9-24(31-2)22(12-18)19-13-27(33-14-19)11-10-21(26(30)32-3)25(27)17-4-7-20(28)8-5-17/h4-9,12-13,15,21,25H,10-11,14H2,1-3H3. The van der Waals surface area contributed by atoms with Crippen LogP contribution in [0.5, 0.6) is 5.75 Å². The van der Waals surface area contributed by atoms with Crippen LogP contribution >= 0.6 is 0 Å². The molecule has 7 heteroatoms. The first-order chi connectivity index (χ1) is 16.5. The van der Waals surface area contributed by atoms with Crippen LogP contribution in [-0.4, -0.2) is 37.6 Å². The van der Waals surface area contributed by atoms with Crippen LogP contribution in [-0.2, 0) is 14.3 Å². The van der Waals surface area contributed by atoms with E-state index in [1.54, 1.807) is 25.5 Å². The van der Waals surface area contributed by atoms with Crippen molar-refractivity contribution in [3.63, 3.8) is 0 Å². The van der Waals surface area contributed by atoms with E-state index in [9.17, 15) is 9.18 Å². The Balaban J connectivity index is 1.58. The zero-order valence-electron chi connectivity index (χ0n) is 19.3. The van der Waals surface area contributed by atoms with Crippen molar-refractivity contribution < 1.29 is 27.9 Å². The Morgan fingerprint density at radius 2 is 1.94 bits per heavy atom. The number of carbonyl (C=O) groups excluding carboxylic acids is 1. The van der Waals surface area contributed by atoms with Crippen molar-refractivity contribution in [2.24, 2.45) is 5.92 Å². The molecule has 1 fully saturated rings. The number of ether oxygens (including phenoxy) is 3. The molecule has 3 atom stereocenters. The van der Waals surface area contributed by atoms with Crippen LogP contribution in [0, 0.1) is 18.7 Å². The Hall–Kier alpha value is -3.45. The van der Waals surface area contributed by atoms with Gasteiger partial charge < -0.3 is 18.7 Å². The summed E-state index contributed by atoms with van der Waals surface area (Å²) in [5.74, 6) is -0.532. The van der Waals surface area contributed by atoms with Gasteiger partial charge in [-0.25, -0.2) is 4.39 Å². The normalized spacial score (nSPS) is 23.8. The monoisotopic (exact) mass is 463 g/mol. The number of rotatable bonds is 5. The summed E-state index contributed by atoms with van der Waals surface area (Å²) in [7, 11) is 3.04. The van der Waals surface area contributed by atoms with Crippen molar-refractivity contribution in [2.45, 2.75) is 31.3 Å². The van der Waals surface area contributed by atoms with E-state index in [1.807, 2.05) is 25.1 Å². The maximum Gasteiger partial charge on any atom is 0.309 e. The maximum absolute atomic E-state index is 13.7. The topological polar surface area (TPSA) is 70.8 Å². The quantitative estimate of drug-likeness (QED) is 0.477. The predicted molar refractivity (Wildman–Crippen MR) is 124 cm³/mol. The molecule has 2 aliphatic rings. The summed E-state index contributed by atoms with van der Waals surface area (Å²) >= 11 is 0. The second-order valence-electron chi connectivity index (χ2n) is 8.84. The minimum absolute atomic E-state index is 0.279. The van der Waals surface area contributed by atoms with Gasteiger partial charge in [0.1, 0.15) is 17.8 Å². The molecule has 5 rings (SSSR count). The molecule has 3 unspecified atom stereocenters. The fraction of sp³-hybridized carbons (Fsp3) is 0.333. The van der Waals surface area contributed by atoms with E-state index in [4.69, 9.17) is 18.7 Å². The highest BCUT2D eigenvalue weighted by Crippen LogP contribution is 2.54. The van der Waals surface area contributed by atoms with E-state index in [2.05, 4.69) is 11.2 Å². The van der Waals surface area contributed by atoms with Crippen LogP contribution in [0.15, 0.2) is 59.3 Å². The summed E-state index contributed by atoms with van der Waals surface area (Å²) in [5.41, 5.74) is 4.73. The lowest BCUT2D eigenvalue weighted by molar-refractivity contribution is -0.146. The molecule has 0 bridgehead atoms. The number of hydrogen-bond donors (Lipinski definition) is 0. The van der Waals surface area contributed by atoms with Crippen molar-refractivity contribution in [3.8, 4) is 16.9 Å². The highest BCUT2D eigenvalue weighted by molar-refractivity contribution is 5.80. The Bertz CT molecular complexity index is 1250. The van der Waals surface area contributed by atoms with E-state index in [1.165, 1.54) is 19.2 Å². The third kappa shape index (κ3) is 3.70. The van der Waals surface area contributed by atoms with Gasteiger partial charge in [0, 0.05) is 17.0 Å². The van der Waals surface area contributed by atoms with Gasteiger partial charge in [0.05, 0.1) is 38.0 Å². The number of halogens is 1. The van der Waals surface area contributed by atoms with Gasteiger partial charge in [-0.2, -0.15) is 0 Å². The second-order valence-corrected chi connectivity index (χ2v) is 8.84. The van der Waals surface area contributed by atoms with Gasteiger partial charge in [0.25, 0.3) is 0 Å². The molecule has 176 valence electrons. The lowest BCUT2D eigenvalue weighted by Gasteiger charge is -2.31. The molecule has 2 heterocycles. The number of nitrogens with zero attached hydrogens (tertiary/aromatic N) is 1. The molecule has 0 radical (unpaired) electrons. The number of aromatic nitrogens is 1. The van der Waals surface area contributed by atoms with Gasteiger partial charge in [0.2, 0.25) is 0 Å². The molecule has 0 saturated heterocycles. The Labute approximate surface area is 197 Å². The first-order valence-corrected chi connectivity index (χ1v) is 11.2. The van der Waals surface area contributed by atoms with Gasteiger partial charge in [-0.05, 0) is 66.8 Å². The van der Waals surface area contributed by atoms with E-state index < -0.39 is 5.60 Å². The first-order valence-electron chi connectivity index (χ1n) is 11.2. The van der Waals surface area contributed by atoms with E-state index in [0.29, 0.717) is 19.4 Å². The van der Waals surface area contributed by atoms with Crippen LogP contribution in [0.4, 0.5) is 4.39 Å². The summed E-state index contributed by atoms with van der Waals surface area (Å²) in [6.45, 7) is 2.27. The van der Waals surface area contributed by atoms with Gasteiger partial charge in [-0.15, -0.1) is 0 Å². The Morgan fingerprint density at radius 1 is 1.15 bits per heavy atom. The van der Waals surface area contributed by atoms with Crippen LogP contribution < -0.4 is 4.74 Å². The number of aryl methyl sites for hydroxylation is 1. The van der Waals surface area contributed by atoms with Gasteiger partial charge >= 0.3 is 5.97 Å². The third-order valence-electron chi connectivity index (χ3n) is 7.03. The molecule has 3 aromatic rings. The van der Waals surface area contributed by atoms with Crippen molar-refractivity contribution in [2.75, 3.05) is 20.8 Å². The number of benzene rings is 2. The van der Waals surface area contributed by atoms with Crippen molar-refractivity contribution >= 4 is 11.5 Å². The molecule has 1 aromatic heterocycles. The SMILES string of the molecule is COC(=O)C1CCC2(C=C(c3cc(-c4conc4C)ccc3OC)CO2)C1c1ccc(F)cc1. The van der Waals surface area contributed by atoms with E-state index in [-0.39, 0.29) is 23.6 Å². The Morgan fingerprint density at radius 3 is 2.62 bits per heavy atom. The Kier molecular flexibility index (Phi) is 5.73. The lowest BCUT2D eigenvalue weighted by atomic mass is 9.79. The largest absolute Gasteiger partial charge is 0.496 e. The van der Waals surface area contributed by atoms with Crippen molar-refractivity contribution in [3.05, 3.63) is 77.4 Å². The van der Waals surface area contributed by atoms with Gasteiger partial charge in [-0.3, -0.25) is 4.79 Å². The molecule has 1 spiro atoms. The smallest absolute Gasteiger partial charge is 0.309 e. The lowest BCUT2D eigenvalue weighted by Crippen LogP contribution is -2.34. The first kappa shape index (κ1) is 22.3. The van der Waals surface area contributed by atoms with Crippen LogP contribution in [0.3, 0.4) is 0 Å².